The second-order valence-corrected chi connectivity index (χ2v) is 4.89. The molecule has 0 bridgehead atoms. The highest BCUT2D eigenvalue weighted by Crippen LogP contribution is 2.31. The minimum absolute atomic E-state index is 0.158. The third kappa shape index (κ3) is 2.54. The van der Waals surface area contributed by atoms with Gasteiger partial charge in [0.05, 0.1) is 6.42 Å². The van der Waals surface area contributed by atoms with E-state index in [2.05, 4.69) is 10.1 Å². The van der Waals surface area contributed by atoms with Gasteiger partial charge < -0.3 is 4.52 Å². The summed E-state index contributed by atoms with van der Waals surface area (Å²) in [6.45, 7) is 1.68. The lowest BCUT2D eigenvalue weighted by molar-refractivity contribution is -0.119. The van der Waals surface area contributed by atoms with Gasteiger partial charge in [-0.15, -0.1) is 0 Å². The van der Waals surface area contributed by atoms with Gasteiger partial charge in [0.1, 0.15) is 11.6 Å². The van der Waals surface area contributed by atoms with Crippen molar-refractivity contribution >= 4 is 5.78 Å². The first-order chi connectivity index (χ1) is 9.13. The normalized spacial score (nSPS) is 14.6. The molecule has 0 aliphatic heterocycles. The van der Waals surface area contributed by atoms with Gasteiger partial charge in [-0.2, -0.15) is 4.98 Å². The Kier molecular flexibility index (Phi) is 2.89. The molecule has 1 heterocycles. The zero-order valence-corrected chi connectivity index (χ0v) is 10.5. The van der Waals surface area contributed by atoms with Gasteiger partial charge in [-0.05, 0) is 43.5 Å². The number of halogens is 1. The molecule has 1 aromatic heterocycles. The van der Waals surface area contributed by atoms with Crippen LogP contribution >= 0.6 is 0 Å². The summed E-state index contributed by atoms with van der Waals surface area (Å²) >= 11 is 0. The SMILES string of the molecule is Cc1cc(-c2noc(CC(=O)C3CC3)n2)ccc1F. The highest BCUT2D eigenvalue weighted by Gasteiger charge is 2.30. The number of aromatic nitrogens is 2. The molecule has 3 rings (SSSR count). The average molecular weight is 260 g/mol. The molecular weight excluding hydrogens is 247 g/mol. The van der Waals surface area contributed by atoms with Crippen LogP contribution in [0.3, 0.4) is 0 Å². The molecule has 2 aromatic rings. The highest BCUT2D eigenvalue weighted by atomic mass is 19.1. The van der Waals surface area contributed by atoms with Gasteiger partial charge in [-0.25, -0.2) is 4.39 Å². The van der Waals surface area contributed by atoms with Crippen LogP contribution in [0.1, 0.15) is 24.3 Å². The lowest BCUT2D eigenvalue weighted by Gasteiger charge is -1.97. The Morgan fingerprint density at radius 1 is 1.47 bits per heavy atom. The van der Waals surface area contributed by atoms with E-state index < -0.39 is 0 Å². The third-order valence-corrected chi connectivity index (χ3v) is 3.24. The van der Waals surface area contributed by atoms with E-state index in [-0.39, 0.29) is 23.9 Å². The largest absolute Gasteiger partial charge is 0.339 e. The minimum atomic E-state index is -0.267. The van der Waals surface area contributed by atoms with Gasteiger partial charge in [0.15, 0.2) is 0 Å². The van der Waals surface area contributed by atoms with E-state index in [9.17, 15) is 9.18 Å². The van der Waals surface area contributed by atoms with Crippen LogP contribution in [0.2, 0.25) is 0 Å². The molecular formula is C14H13FN2O2. The van der Waals surface area contributed by atoms with Gasteiger partial charge in [0.25, 0.3) is 0 Å². The van der Waals surface area contributed by atoms with Gasteiger partial charge >= 0.3 is 0 Å². The summed E-state index contributed by atoms with van der Waals surface area (Å²) in [5.41, 5.74) is 1.21. The van der Waals surface area contributed by atoms with Crippen LogP contribution in [0.5, 0.6) is 0 Å². The summed E-state index contributed by atoms with van der Waals surface area (Å²) in [6, 6.07) is 4.63. The van der Waals surface area contributed by atoms with Crippen molar-refractivity contribution in [2.24, 2.45) is 5.92 Å². The number of rotatable bonds is 4. The van der Waals surface area contributed by atoms with Crippen molar-refractivity contribution < 1.29 is 13.7 Å². The molecule has 0 spiro atoms. The second-order valence-electron chi connectivity index (χ2n) is 4.89. The number of carbonyl (C=O) groups is 1. The van der Waals surface area contributed by atoms with E-state index in [0.717, 1.165) is 12.8 Å². The first-order valence-corrected chi connectivity index (χ1v) is 6.25. The maximum absolute atomic E-state index is 13.2. The fourth-order valence-electron chi connectivity index (χ4n) is 1.93. The molecule has 4 nitrogen and oxygen atoms in total. The summed E-state index contributed by atoms with van der Waals surface area (Å²) in [7, 11) is 0. The number of Topliss-reactive ketones (excluding diaryl/α,β-unsaturated/α-hetero) is 1. The van der Waals surface area contributed by atoms with Crippen LogP contribution in [-0.4, -0.2) is 15.9 Å². The van der Waals surface area contributed by atoms with E-state index >= 15 is 0 Å². The number of carbonyl (C=O) groups excluding carboxylic acids is 1. The van der Waals surface area contributed by atoms with Crippen LogP contribution in [-0.2, 0) is 11.2 Å². The van der Waals surface area contributed by atoms with Gasteiger partial charge in [0, 0.05) is 11.5 Å². The fourth-order valence-corrected chi connectivity index (χ4v) is 1.93. The Hall–Kier alpha value is -2.04. The number of nitrogens with zero attached hydrogens (tertiary/aromatic N) is 2. The predicted molar refractivity (Wildman–Crippen MR) is 65.9 cm³/mol. The van der Waals surface area contributed by atoms with E-state index in [1.807, 2.05) is 0 Å². The van der Waals surface area contributed by atoms with E-state index in [1.54, 1.807) is 19.1 Å². The van der Waals surface area contributed by atoms with E-state index in [0.29, 0.717) is 22.8 Å². The molecule has 98 valence electrons. The lowest BCUT2D eigenvalue weighted by atomic mass is 10.1. The summed E-state index contributed by atoms with van der Waals surface area (Å²) in [5.74, 6) is 0.792. The smallest absolute Gasteiger partial charge is 0.234 e. The van der Waals surface area contributed by atoms with Crippen molar-refractivity contribution in [1.82, 2.24) is 10.1 Å². The third-order valence-electron chi connectivity index (χ3n) is 3.24. The van der Waals surface area contributed by atoms with Crippen molar-refractivity contribution in [3.63, 3.8) is 0 Å². The first-order valence-electron chi connectivity index (χ1n) is 6.25. The highest BCUT2D eigenvalue weighted by molar-refractivity contribution is 5.84. The van der Waals surface area contributed by atoms with E-state index in [1.165, 1.54) is 6.07 Å². The Morgan fingerprint density at radius 3 is 2.95 bits per heavy atom. The van der Waals surface area contributed by atoms with Crippen LogP contribution in [0, 0.1) is 18.7 Å². The fraction of sp³-hybridized carbons (Fsp3) is 0.357. The number of hydrogen-bond acceptors (Lipinski definition) is 4. The summed E-state index contributed by atoms with van der Waals surface area (Å²) in [5, 5.41) is 3.83. The molecule has 0 N–H and O–H groups in total. The van der Waals surface area contributed by atoms with E-state index in [4.69, 9.17) is 4.52 Å². The monoisotopic (exact) mass is 260 g/mol. The lowest BCUT2D eigenvalue weighted by Crippen LogP contribution is -2.04. The molecule has 0 saturated heterocycles. The number of ketones is 1. The van der Waals surface area contributed by atoms with Crippen molar-refractivity contribution in [3.8, 4) is 11.4 Å². The molecule has 19 heavy (non-hydrogen) atoms. The van der Waals surface area contributed by atoms with Crippen molar-refractivity contribution in [2.75, 3.05) is 0 Å². The molecule has 1 aromatic carbocycles. The Morgan fingerprint density at radius 2 is 2.26 bits per heavy atom. The van der Waals surface area contributed by atoms with Crippen molar-refractivity contribution in [2.45, 2.75) is 26.2 Å². The van der Waals surface area contributed by atoms with Crippen LogP contribution in [0.25, 0.3) is 11.4 Å². The second kappa shape index (κ2) is 4.57. The molecule has 0 atom stereocenters. The van der Waals surface area contributed by atoms with Crippen molar-refractivity contribution in [1.29, 1.82) is 0 Å². The zero-order valence-electron chi connectivity index (χ0n) is 10.5. The van der Waals surface area contributed by atoms with Crippen LogP contribution < -0.4 is 0 Å². The molecule has 0 unspecified atom stereocenters. The van der Waals surface area contributed by atoms with Gasteiger partial charge in [0.2, 0.25) is 11.7 Å². The molecule has 1 aliphatic carbocycles. The molecule has 0 radical (unpaired) electrons. The molecule has 1 saturated carbocycles. The van der Waals surface area contributed by atoms with Crippen LogP contribution in [0.15, 0.2) is 22.7 Å². The Balaban J connectivity index is 1.79. The topological polar surface area (TPSA) is 56.0 Å². The number of hydrogen-bond donors (Lipinski definition) is 0. The Labute approximate surface area is 109 Å². The standard InChI is InChI=1S/C14H13FN2O2/c1-8-6-10(4-5-11(8)15)14-16-13(19-17-14)7-12(18)9-2-3-9/h4-6,9H,2-3,7H2,1H3. The maximum Gasteiger partial charge on any atom is 0.234 e. The average Bonchev–Trinajstić information content (AvgIpc) is 3.14. The molecule has 1 fully saturated rings. The van der Waals surface area contributed by atoms with Gasteiger partial charge in [-0.1, -0.05) is 5.16 Å². The number of aryl methyl sites for hydroxylation is 1. The zero-order chi connectivity index (χ0) is 13.4. The predicted octanol–water partition coefficient (Wildman–Crippen LogP) is 2.71. The quantitative estimate of drug-likeness (QED) is 0.848. The summed E-state index contributed by atoms with van der Waals surface area (Å²) in [4.78, 5) is 15.8. The molecule has 5 heteroatoms. The molecule has 1 aliphatic rings. The maximum atomic E-state index is 13.2. The molecule has 0 amide bonds. The van der Waals surface area contributed by atoms with Crippen LogP contribution in [0.4, 0.5) is 4.39 Å². The van der Waals surface area contributed by atoms with Crippen molar-refractivity contribution in [3.05, 3.63) is 35.5 Å². The minimum Gasteiger partial charge on any atom is -0.339 e. The first kappa shape index (κ1) is 12.0. The number of benzene rings is 1. The summed E-state index contributed by atoms with van der Waals surface area (Å²) in [6.07, 6.45) is 2.13. The van der Waals surface area contributed by atoms with Gasteiger partial charge in [-0.3, -0.25) is 4.79 Å². The Bertz CT molecular complexity index is 632. The summed E-state index contributed by atoms with van der Waals surface area (Å²) < 4.78 is 18.2.